The van der Waals surface area contributed by atoms with Crippen molar-refractivity contribution >= 4 is 17.5 Å². The van der Waals surface area contributed by atoms with Gasteiger partial charge in [0.1, 0.15) is 6.04 Å². The highest BCUT2D eigenvalue weighted by Gasteiger charge is 2.30. The molecule has 10 heteroatoms. The van der Waals surface area contributed by atoms with Gasteiger partial charge in [-0.3, -0.25) is 9.59 Å². The van der Waals surface area contributed by atoms with E-state index in [4.69, 9.17) is 9.47 Å². The van der Waals surface area contributed by atoms with Crippen LogP contribution < -0.4 is 20.1 Å². The number of aliphatic hydroxyl groups is 1. The van der Waals surface area contributed by atoms with Crippen molar-refractivity contribution in [1.29, 1.82) is 0 Å². The summed E-state index contributed by atoms with van der Waals surface area (Å²) in [5.74, 6) is -0.341. The standard InChI is InChI=1S/C19H17F3N2O5/c20-19(21,22)12-2-1-3-13(8-12)23-18(27)14(9-25)24-17(26)7-11-4-5-15-16(6-11)29-10-28-15/h1-6,8,14,25H,7,9-10H2,(H,23,27)(H,24,26)/t14-/m0/s1. The summed E-state index contributed by atoms with van der Waals surface area (Å²) in [5.41, 5.74) is -0.433. The second-order valence-corrected chi connectivity index (χ2v) is 6.23. The summed E-state index contributed by atoms with van der Waals surface area (Å²) in [5, 5.41) is 14.0. The van der Waals surface area contributed by atoms with Crippen LogP contribution >= 0.6 is 0 Å². The maximum atomic E-state index is 12.8. The normalized spacial score (nSPS) is 13.7. The highest BCUT2D eigenvalue weighted by atomic mass is 19.4. The molecule has 0 aromatic heterocycles. The fraction of sp³-hybridized carbons (Fsp3) is 0.263. The molecule has 29 heavy (non-hydrogen) atoms. The molecule has 1 aliphatic rings. The largest absolute Gasteiger partial charge is 0.454 e. The summed E-state index contributed by atoms with van der Waals surface area (Å²) < 4.78 is 48.7. The Morgan fingerprint density at radius 3 is 2.59 bits per heavy atom. The van der Waals surface area contributed by atoms with Crippen molar-refractivity contribution < 1.29 is 37.3 Å². The van der Waals surface area contributed by atoms with Crippen LogP contribution in [0.2, 0.25) is 0 Å². The van der Waals surface area contributed by atoms with Gasteiger partial charge in [0, 0.05) is 5.69 Å². The van der Waals surface area contributed by atoms with Crippen molar-refractivity contribution in [3.05, 3.63) is 53.6 Å². The number of fused-ring (bicyclic) bond motifs is 1. The number of alkyl halides is 3. The first-order chi connectivity index (χ1) is 13.8. The van der Waals surface area contributed by atoms with Crippen molar-refractivity contribution in [2.45, 2.75) is 18.6 Å². The van der Waals surface area contributed by atoms with Gasteiger partial charge in [0.25, 0.3) is 0 Å². The molecule has 3 rings (SSSR count). The van der Waals surface area contributed by atoms with Crippen LogP contribution in [0, 0.1) is 0 Å². The molecule has 1 heterocycles. The minimum Gasteiger partial charge on any atom is -0.454 e. The van der Waals surface area contributed by atoms with Crippen LogP contribution in [0.5, 0.6) is 11.5 Å². The smallest absolute Gasteiger partial charge is 0.416 e. The molecule has 0 bridgehead atoms. The van der Waals surface area contributed by atoms with Crippen molar-refractivity contribution in [2.24, 2.45) is 0 Å². The van der Waals surface area contributed by atoms with Gasteiger partial charge in [0.2, 0.25) is 18.6 Å². The number of anilines is 1. The van der Waals surface area contributed by atoms with Gasteiger partial charge in [-0.1, -0.05) is 12.1 Å². The number of rotatable bonds is 6. The number of nitrogens with one attached hydrogen (secondary N) is 2. The molecule has 0 saturated heterocycles. The topological polar surface area (TPSA) is 96.9 Å². The Kier molecular flexibility index (Phi) is 5.92. The first-order valence-corrected chi connectivity index (χ1v) is 8.53. The predicted molar refractivity (Wildman–Crippen MR) is 95.4 cm³/mol. The van der Waals surface area contributed by atoms with E-state index in [9.17, 15) is 27.9 Å². The van der Waals surface area contributed by atoms with Gasteiger partial charge in [0.15, 0.2) is 11.5 Å². The number of ether oxygens (including phenoxy) is 2. The summed E-state index contributed by atoms with van der Waals surface area (Å²) in [6, 6.07) is 7.65. The minimum absolute atomic E-state index is 0.0906. The van der Waals surface area contributed by atoms with Crippen molar-refractivity contribution in [1.82, 2.24) is 5.32 Å². The lowest BCUT2D eigenvalue weighted by Gasteiger charge is -2.17. The molecule has 0 spiro atoms. The van der Waals surface area contributed by atoms with Gasteiger partial charge in [-0.2, -0.15) is 13.2 Å². The quantitative estimate of drug-likeness (QED) is 0.678. The Hall–Kier alpha value is -3.27. The number of hydrogen-bond donors (Lipinski definition) is 3. The van der Waals surface area contributed by atoms with E-state index in [2.05, 4.69) is 10.6 Å². The molecular formula is C19H17F3N2O5. The molecule has 1 aliphatic heterocycles. The van der Waals surface area contributed by atoms with Crippen LogP contribution in [0.25, 0.3) is 0 Å². The van der Waals surface area contributed by atoms with E-state index in [1.807, 2.05) is 0 Å². The van der Waals surface area contributed by atoms with E-state index in [1.54, 1.807) is 18.2 Å². The summed E-state index contributed by atoms with van der Waals surface area (Å²) >= 11 is 0. The van der Waals surface area contributed by atoms with Crippen LogP contribution in [-0.4, -0.2) is 36.4 Å². The Morgan fingerprint density at radius 2 is 1.86 bits per heavy atom. The number of benzene rings is 2. The van der Waals surface area contributed by atoms with Crippen LogP contribution in [-0.2, 0) is 22.2 Å². The van der Waals surface area contributed by atoms with Gasteiger partial charge in [-0.15, -0.1) is 0 Å². The zero-order chi connectivity index (χ0) is 21.0. The SMILES string of the molecule is O=C(Cc1ccc2c(c1)OCO2)N[C@@H](CO)C(=O)Nc1cccc(C(F)(F)F)c1. The Morgan fingerprint density at radius 1 is 1.10 bits per heavy atom. The van der Waals surface area contributed by atoms with Crippen molar-refractivity contribution in [3.8, 4) is 11.5 Å². The van der Waals surface area contributed by atoms with Crippen LogP contribution in [0.3, 0.4) is 0 Å². The number of halogens is 3. The molecule has 3 N–H and O–H groups in total. The van der Waals surface area contributed by atoms with Crippen molar-refractivity contribution in [3.63, 3.8) is 0 Å². The monoisotopic (exact) mass is 410 g/mol. The first kappa shape index (κ1) is 20.5. The van der Waals surface area contributed by atoms with Crippen LogP contribution in [0.1, 0.15) is 11.1 Å². The molecule has 7 nitrogen and oxygen atoms in total. The third-order valence-electron chi connectivity index (χ3n) is 4.09. The molecule has 0 saturated carbocycles. The van der Waals surface area contributed by atoms with Crippen LogP contribution in [0.15, 0.2) is 42.5 Å². The van der Waals surface area contributed by atoms with Gasteiger partial charge >= 0.3 is 6.18 Å². The van der Waals surface area contributed by atoms with E-state index in [1.165, 1.54) is 6.07 Å². The molecule has 0 fully saturated rings. The second kappa shape index (κ2) is 8.39. The number of aliphatic hydroxyl groups excluding tert-OH is 1. The fourth-order valence-electron chi connectivity index (χ4n) is 2.68. The summed E-state index contributed by atoms with van der Waals surface area (Å²) in [7, 11) is 0. The molecule has 2 amide bonds. The molecule has 0 unspecified atom stereocenters. The van der Waals surface area contributed by atoms with E-state index < -0.39 is 36.2 Å². The van der Waals surface area contributed by atoms with Gasteiger partial charge in [-0.05, 0) is 35.9 Å². The molecule has 154 valence electrons. The maximum Gasteiger partial charge on any atom is 0.416 e. The average Bonchev–Trinajstić information content (AvgIpc) is 3.13. The Balaban J connectivity index is 1.60. The predicted octanol–water partition coefficient (Wildman–Crippen LogP) is 2.09. The van der Waals surface area contributed by atoms with Gasteiger partial charge < -0.3 is 25.2 Å². The summed E-state index contributed by atoms with van der Waals surface area (Å²) in [6.07, 6.45) is -4.65. The van der Waals surface area contributed by atoms with Crippen molar-refractivity contribution in [2.75, 3.05) is 18.7 Å². The maximum absolute atomic E-state index is 12.8. The average molecular weight is 410 g/mol. The lowest BCUT2D eigenvalue weighted by atomic mass is 10.1. The van der Waals surface area contributed by atoms with E-state index >= 15 is 0 Å². The molecule has 0 aliphatic carbocycles. The highest BCUT2D eigenvalue weighted by molar-refractivity contribution is 5.97. The molecule has 0 radical (unpaired) electrons. The fourth-order valence-corrected chi connectivity index (χ4v) is 2.68. The van der Waals surface area contributed by atoms with E-state index in [0.717, 1.165) is 18.2 Å². The number of carbonyl (C=O) groups excluding carboxylic acids is 2. The van der Waals surface area contributed by atoms with Gasteiger partial charge in [-0.25, -0.2) is 0 Å². The lowest BCUT2D eigenvalue weighted by molar-refractivity contribution is -0.137. The summed E-state index contributed by atoms with van der Waals surface area (Å²) in [4.78, 5) is 24.4. The Bertz CT molecular complexity index is 917. The molecular weight excluding hydrogens is 393 g/mol. The molecule has 2 aromatic carbocycles. The second-order valence-electron chi connectivity index (χ2n) is 6.23. The number of hydrogen-bond acceptors (Lipinski definition) is 5. The number of carbonyl (C=O) groups is 2. The van der Waals surface area contributed by atoms with E-state index in [0.29, 0.717) is 17.1 Å². The van der Waals surface area contributed by atoms with Crippen LogP contribution in [0.4, 0.5) is 18.9 Å². The lowest BCUT2D eigenvalue weighted by Crippen LogP contribution is -2.46. The third-order valence-corrected chi connectivity index (χ3v) is 4.09. The van der Waals surface area contributed by atoms with Gasteiger partial charge in [0.05, 0.1) is 18.6 Å². The summed E-state index contributed by atoms with van der Waals surface area (Å²) in [6.45, 7) is -0.634. The zero-order valence-corrected chi connectivity index (χ0v) is 15.0. The zero-order valence-electron chi connectivity index (χ0n) is 15.0. The molecule has 1 atom stereocenters. The molecule has 2 aromatic rings. The third kappa shape index (κ3) is 5.17. The Labute approximate surface area is 163 Å². The highest BCUT2D eigenvalue weighted by Crippen LogP contribution is 2.32. The minimum atomic E-state index is -4.56. The first-order valence-electron chi connectivity index (χ1n) is 8.53. The van der Waals surface area contributed by atoms with E-state index in [-0.39, 0.29) is 18.9 Å². The number of amides is 2.